The lowest BCUT2D eigenvalue weighted by molar-refractivity contribution is 0.0676. The standard InChI is InChI=1S/C25H29N3O4/c29-21(16-26-12-9-18-5-1-2-6-19(18)15-26)17-27-24(30)22-7-3-4-8-23(22)28(25(27)31)20-10-13-32-14-11-20/h1-8,20-21,29H,9-17H2. The summed E-state index contributed by atoms with van der Waals surface area (Å²) in [4.78, 5) is 28.8. The first kappa shape index (κ1) is 21.1. The first-order valence-corrected chi connectivity index (χ1v) is 11.4. The Morgan fingerprint density at radius 3 is 2.50 bits per heavy atom. The van der Waals surface area contributed by atoms with Crippen LogP contribution in [0, 0.1) is 0 Å². The van der Waals surface area contributed by atoms with E-state index in [9.17, 15) is 14.7 Å². The number of hydrogen-bond acceptors (Lipinski definition) is 5. The van der Waals surface area contributed by atoms with Crippen molar-refractivity contribution in [2.75, 3.05) is 26.3 Å². The van der Waals surface area contributed by atoms with E-state index in [-0.39, 0.29) is 23.8 Å². The molecule has 3 aromatic rings. The molecule has 0 aliphatic carbocycles. The van der Waals surface area contributed by atoms with Gasteiger partial charge in [0.25, 0.3) is 5.56 Å². The molecule has 7 nitrogen and oxygen atoms in total. The third-order valence-electron chi connectivity index (χ3n) is 6.70. The minimum Gasteiger partial charge on any atom is -0.390 e. The molecular weight excluding hydrogens is 406 g/mol. The lowest BCUT2D eigenvalue weighted by atomic mass is 10.00. The van der Waals surface area contributed by atoms with E-state index in [1.54, 1.807) is 10.6 Å². The van der Waals surface area contributed by atoms with Crippen molar-refractivity contribution in [3.63, 3.8) is 0 Å². The Bertz CT molecular complexity index is 1230. The molecule has 32 heavy (non-hydrogen) atoms. The second-order valence-corrected chi connectivity index (χ2v) is 8.84. The van der Waals surface area contributed by atoms with Crippen LogP contribution in [0.1, 0.15) is 30.0 Å². The Morgan fingerprint density at radius 2 is 1.69 bits per heavy atom. The maximum absolute atomic E-state index is 13.5. The predicted octanol–water partition coefficient (Wildman–Crippen LogP) is 1.93. The van der Waals surface area contributed by atoms with Crippen molar-refractivity contribution in [1.29, 1.82) is 0 Å². The second kappa shape index (κ2) is 9.02. The minimum absolute atomic E-state index is 0.0101. The van der Waals surface area contributed by atoms with Crippen molar-refractivity contribution in [2.45, 2.75) is 44.5 Å². The van der Waals surface area contributed by atoms with Crippen molar-refractivity contribution in [2.24, 2.45) is 0 Å². The summed E-state index contributed by atoms with van der Waals surface area (Å²) in [5.41, 5.74) is 2.60. The van der Waals surface area contributed by atoms with Gasteiger partial charge in [-0.05, 0) is 42.5 Å². The van der Waals surface area contributed by atoms with Gasteiger partial charge in [-0.1, -0.05) is 36.4 Å². The topological polar surface area (TPSA) is 76.7 Å². The SMILES string of the molecule is O=c1c2ccccc2n(C2CCOCC2)c(=O)n1CC(O)CN1CCc2ccccc2C1. The van der Waals surface area contributed by atoms with Crippen molar-refractivity contribution in [3.05, 3.63) is 80.5 Å². The van der Waals surface area contributed by atoms with Crippen LogP contribution >= 0.6 is 0 Å². The molecule has 2 aromatic carbocycles. The highest BCUT2D eigenvalue weighted by atomic mass is 16.5. The van der Waals surface area contributed by atoms with Crippen LogP contribution in [0.3, 0.4) is 0 Å². The maximum atomic E-state index is 13.5. The van der Waals surface area contributed by atoms with Crippen LogP contribution in [0.5, 0.6) is 0 Å². The summed E-state index contributed by atoms with van der Waals surface area (Å²) in [6.07, 6.45) is 1.60. The Balaban J connectivity index is 1.43. The first-order valence-electron chi connectivity index (χ1n) is 11.4. The molecule has 5 rings (SSSR count). The molecule has 1 atom stereocenters. The molecule has 1 saturated heterocycles. The van der Waals surface area contributed by atoms with Crippen molar-refractivity contribution in [1.82, 2.24) is 14.0 Å². The fourth-order valence-corrected chi connectivity index (χ4v) is 5.06. The molecule has 0 bridgehead atoms. The molecule has 7 heteroatoms. The molecule has 1 aromatic heterocycles. The fourth-order valence-electron chi connectivity index (χ4n) is 5.06. The number of aliphatic hydroxyl groups is 1. The van der Waals surface area contributed by atoms with Crippen molar-refractivity contribution in [3.8, 4) is 0 Å². The van der Waals surface area contributed by atoms with Crippen molar-refractivity contribution >= 4 is 10.9 Å². The number of aliphatic hydroxyl groups excluding tert-OH is 1. The van der Waals surface area contributed by atoms with E-state index in [1.165, 1.54) is 15.7 Å². The second-order valence-electron chi connectivity index (χ2n) is 8.84. The summed E-state index contributed by atoms with van der Waals surface area (Å²) in [6.45, 7) is 3.24. The van der Waals surface area contributed by atoms with Gasteiger partial charge in [0.1, 0.15) is 0 Å². The number of hydrogen-bond donors (Lipinski definition) is 1. The van der Waals surface area contributed by atoms with E-state index in [0.29, 0.717) is 30.7 Å². The summed E-state index contributed by atoms with van der Waals surface area (Å²) < 4.78 is 8.43. The summed E-state index contributed by atoms with van der Waals surface area (Å²) in [6, 6.07) is 15.6. The van der Waals surface area contributed by atoms with E-state index in [2.05, 4.69) is 23.1 Å². The Morgan fingerprint density at radius 1 is 0.969 bits per heavy atom. The lowest BCUT2D eigenvalue weighted by Crippen LogP contribution is -2.46. The van der Waals surface area contributed by atoms with Gasteiger partial charge in [-0.3, -0.25) is 18.8 Å². The van der Waals surface area contributed by atoms with Gasteiger partial charge in [-0.25, -0.2) is 4.79 Å². The number of β-amino-alcohol motifs (C(OH)–C–C–N with tert-alkyl or cyclic N) is 1. The van der Waals surface area contributed by atoms with E-state index in [4.69, 9.17) is 4.74 Å². The first-order chi connectivity index (χ1) is 15.6. The molecule has 2 aliphatic rings. The third kappa shape index (κ3) is 4.03. The van der Waals surface area contributed by atoms with Crippen LogP contribution in [0.25, 0.3) is 10.9 Å². The minimum atomic E-state index is -0.810. The normalized spacial score (nSPS) is 18.5. The van der Waals surface area contributed by atoms with E-state index in [1.807, 2.05) is 24.3 Å². The van der Waals surface area contributed by atoms with Gasteiger partial charge in [-0.2, -0.15) is 0 Å². The third-order valence-corrected chi connectivity index (χ3v) is 6.70. The summed E-state index contributed by atoms with van der Waals surface area (Å²) in [7, 11) is 0. The van der Waals surface area contributed by atoms with Crippen molar-refractivity contribution < 1.29 is 9.84 Å². The average Bonchev–Trinajstić information content (AvgIpc) is 2.82. The number of rotatable bonds is 5. The van der Waals surface area contributed by atoms with Gasteiger partial charge in [0.05, 0.1) is 23.6 Å². The summed E-state index contributed by atoms with van der Waals surface area (Å²) in [5.74, 6) is 0. The van der Waals surface area contributed by atoms with Gasteiger partial charge in [0, 0.05) is 38.9 Å². The molecule has 0 radical (unpaired) electrons. The molecule has 2 aliphatic heterocycles. The highest BCUT2D eigenvalue weighted by molar-refractivity contribution is 5.78. The largest absolute Gasteiger partial charge is 0.390 e. The molecule has 3 heterocycles. The van der Waals surface area contributed by atoms with Gasteiger partial charge in [-0.15, -0.1) is 0 Å². The molecular formula is C25H29N3O4. The Labute approximate surface area is 186 Å². The number of ether oxygens (including phenoxy) is 1. The molecule has 168 valence electrons. The number of para-hydroxylation sites is 1. The lowest BCUT2D eigenvalue weighted by Gasteiger charge is -2.30. The van der Waals surface area contributed by atoms with Crippen LogP contribution in [-0.2, 0) is 24.2 Å². The van der Waals surface area contributed by atoms with Gasteiger partial charge in [0.15, 0.2) is 0 Å². The van der Waals surface area contributed by atoms with E-state index in [0.717, 1.165) is 32.4 Å². The molecule has 0 saturated carbocycles. The summed E-state index contributed by atoms with van der Waals surface area (Å²) >= 11 is 0. The Kier molecular flexibility index (Phi) is 5.95. The fraction of sp³-hybridized carbons (Fsp3) is 0.440. The van der Waals surface area contributed by atoms with Crippen LogP contribution in [0.4, 0.5) is 0 Å². The molecule has 0 amide bonds. The number of nitrogens with zero attached hydrogens (tertiary/aromatic N) is 3. The Hall–Kier alpha value is -2.74. The summed E-state index contributed by atoms with van der Waals surface area (Å²) in [5, 5.41) is 11.4. The molecule has 1 unspecified atom stereocenters. The van der Waals surface area contributed by atoms with Gasteiger partial charge < -0.3 is 9.84 Å². The zero-order valence-corrected chi connectivity index (χ0v) is 18.2. The molecule has 1 N–H and O–H groups in total. The van der Waals surface area contributed by atoms with Gasteiger partial charge >= 0.3 is 5.69 Å². The maximum Gasteiger partial charge on any atom is 0.331 e. The van der Waals surface area contributed by atoms with E-state index < -0.39 is 6.10 Å². The monoisotopic (exact) mass is 435 g/mol. The predicted molar refractivity (Wildman–Crippen MR) is 123 cm³/mol. The van der Waals surface area contributed by atoms with Crippen LogP contribution in [0.15, 0.2) is 58.1 Å². The zero-order valence-electron chi connectivity index (χ0n) is 18.2. The van der Waals surface area contributed by atoms with E-state index >= 15 is 0 Å². The van der Waals surface area contributed by atoms with Crippen LogP contribution in [0.2, 0.25) is 0 Å². The number of benzene rings is 2. The quantitative estimate of drug-likeness (QED) is 0.663. The highest BCUT2D eigenvalue weighted by Gasteiger charge is 2.24. The molecule has 1 fully saturated rings. The highest BCUT2D eigenvalue weighted by Crippen LogP contribution is 2.23. The zero-order chi connectivity index (χ0) is 22.1. The number of fused-ring (bicyclic) bond motifs is 2. The number of aromatic nitrogens is 2. The molecule has 0 spiro atoms. The van der Waals surface area contributed by atoms with Crippen LogP contribution in [-0.4, -0.2) is 51.5 Å². The van der Waals surface area contributed by atoms with Gasteiger partial charge in [0.2, 0.25) is 0 Å². The van der Waals surface area contributed by atoms with Crippen LogP contribution < -0.4 is 11.2 Å². The average molecular weight is 436 g/mol. The smallest absolute Gasteiger partial charge is 0.331 e.